The number of carbonyl (C=O) groups excluding carboxylic acids is 1. The molecule has 0 aliphatic heterocycles. The lowest BCUT2D eigenvalue weighted by atomic mass is 9.93. The van der Waals surface area contributed by atoms with Crippen molar-refractivity contribution >= 4 is 18.6 Å². The van der Waals surface area contributed by atoms with Gasteiger partial charge in [0, 0.05) is 4.90 Å². The zero-order valence-corrected chi connectivity index (χ0v) is 9.04. The summed E-state index contributed by atoms with van der Waals surface area (Å²) in [6.07, 6.45) is 0. The molecule has 0 bridgehead atoms. The minimum absolute atomic E-state index is 0.462. The van der Waals surface area contributed by atoms with Crippen LogP contribution in [0.1, 0.15) is 12.5 Å². The Bertz CT molecular complexity index is 350. The summed E-state index contributed by atoms with van der Waals surface area (Å²) in [6, 6.07) is 7.14. The molecule has 1 rings (SSSR count). The first kappa shape index (κ1) is 11.1. The van der Waals surface area contributed by atoms with E-state index in [1.807, 2.05) is 6.07 Å². The summed E-state index contributed by atoms with van der Waals surface area (Å²) >= 11 is 4.18. The zero-order valence-electron chi connectivity index (χ0n) is 8.15. The topological polar surface area (TPSA) is 52.3 Å². The molecule has 0 fully saturated rings. The molecule has 4 heteroatoms. The molecule has 0 unspecified atom stereocenters. The standard InChI is InChI=1S/C10H13NO2S/c1-10(11,9(12)13-2)7-4-3-5-8(14)6-7/h3-6,14H,11H2,1-2H3/t10-/m0/s1. The van der Waals surface area contributed by atoms with Gasteiger partial charge in [-0.2, -0.15) is 0 Å². The van der Waals surface area contributed by atoms with E-state index in [1.165, 1.54) is 7.11 Å². The Balaban J connectivity index is 3.09. The van der Waals surface area contributed by atoms with Crippen molar-refractivity contribution in [1.29, 1.82) is 0 Å². The molecule has 0 aliphatic rings. The Morgan fingerprint density at radius 2 is 2.21 bits per heavy atom. The zero-order chi connectivity index (χ0) is 10.8. The fourth-order valence-corrected chi connectivity index (χ4v) is 1.38. The van der Waals surface area contributed by atoms with Gasteiger partial charge < -0.3 is 10.5 Å². The van der Waals surface area contributed by atoms with Crippen molar-refractivity contribution in [1.82, 2.24) is 0 Å². The summed E-state index contributed by atoms with van der Waals surface area (Å²) in [5, 5.41) is 0. The van der Waals surface area contributed by atoms with Crippen molar-refractivity contribution in [3.8, 4) is 0 Å². The molecule has 0 aliphatic carbocycles. The summed E-state index contributed by atoms with van der Waals surface area (Å²) in [4.78, 5) is 12.1. The Labute approximate surface area is 88.7 Å². The van der Waals surface area contributed by atoms with Crippen LogP contribution in [0, 0.1) is 0 Å². The molecular weight excluding hydrogens is 198 g/mol. The average molecular weight is 211 g/mol. The molecule has 3 nitrogen and oxygen atoms in total. The van der Waals surface area contributed by atoms with Gasteiger partial charge in [0.05, 0.1) is 7.11 Å². The van der Waals surface area contributed by atoms with Gasteiger partial charge in [0.2, 0.25) is 0 Å². The molecule has 0 radical (unpaired) electrons. The van der Waals surface area contributed by atoms with Gasteiger partial charge >= 0.3 is 5.97 Å². The maximum absolute atomic E-state index is 11.4. The summed E-state index contributed by atoms with van der Waals surface area (Å²) in [5.74, 6) is -0.462. The van der Waals surface area contributed by atoms with Crippen LogP contribution in [0.5, 0.6) is 0 Å². The Kier molecular flexibility index (Phi) is 3.18. The summed E-state index contributed by atoms with van der Waals surface area (Å²) in [6.45, 7) is 1.61. The third-order valence-corrected chi connectivity index (χ3v) is 2.33. The van der Waals surface area contributed by atoms with E-state index in [2.05, 4.69) is 17.4 Å². The Hall–Kier alpha value is -1.00. The molecule has 0 amide bonds. The quantitative estimate of drug-likeness (QED) is 0.573. The first-order valence-corrected chi connectivity index (χ1v) is 4.60. The highest BCUT2D eigenvalue weighted by Gasteiger charge is 2.31. The third kappa shape index (κ3) is 2.08. The van der Waals surface area contributed by atoms with Gasteiger partial charge in [-0.1, -0.05) is 12.1 Å². The summed E-state index contributed by atoms with van der Waals surface area (Å²) in [5.41, 5.74) is 5.43. The number of carbonyl (C=O) groups is 1. The molecule has 0 heterocycles. The lowest BCUT2D eigenvalue weighted by molar-refractivity contribution is -0.146. The van der Waals surface area contributed by atoms with Gasteiger partial charge in [-0.3, -0.25) is 0 Å². The van der Waals surface area contributed by atoms with Crippen LogP contribution in [0.2, 0.25) is 0 Å². The van der Waals surface area contributed by atoms with Gasteiger partial charge in [0.25, 0.3) is 0 Å². The highest BCUT2D eigenvalue weighted by Crippen LogP contribution is 2.21. The molecule has 0 saturated carbocycles. The lowest BCUT2D eigenvalue weighted by Crippen LogP contribution is -2.42. The maximum atomic E-state index is 11.4. The maximum Gasteiger partial charge on any atom is 0.330 e. The normalized spacial score (nSPS) is 14.6. The molecule has 2 N–H and O–H groups in total. The lowest BCUT2D eigenvalue weighted by Gasteiger charge is -2.21. The predicted molar refractivity (Wildman–Crippen MR) is 57.2 cm³/mol. The Morgan fingerprint density at radius 1 is 1.57 bits per heavy atom. The minimum atomic E-state index is -1.12. The second kappa shape index (κ2) is 4.02. The number of rotatable bonds is 2. The highest BCUT2D eigenvalue weighted by atomic mass is 32.1. The second-order valence-electron chi connectivity index (χ2n) is 3.24. The van der Waals surface area contributed by atoms with E-state index in [9.17, 15) is 4.79 Å². The monoisotopic (exact) mass is 211 g/mol. The predicted octanol–water partition coefficient (Wildman–Crippen LogP) is 1.32. The first-order valence-electron chi connectivity index (χ1n) is 4.15. The van der Waals surface area contributed by atoms with E-state index in [-0.39, 0.29) is 0 Å². The molecular formula is C10H13NO2S. The van der Waals surface area contributed by atoms with Crippen LogP contribution in [0.3, 0.4) is 0 Å². The molecule has 0 spiro atoms. The minimum Gasteiger partial charge on any atom is -0.467 e. The van der Waals surface area contributed by atoms with Crippen LogP contribution in [-0.2, 0) is 15.1 Å². The van der Waals surface area contributed by atoms with Crippen LogP contribution in [0.4, 0.5) is 0 Å². The Morgan fingerprint density at radius 3 is 2.71 bits per heavy atom. The largest absolute Gasteiger partial charge is 0.467 e. The SMILES string of the molecule is COC(=O)[C@@](C)(N)c1cccc(S)c1. The van der Waals surface area contributed by atoms with Gasteiger partial charge in [0.1, 0.15) is 5.54 Å². The van der Waals surface area contributed by atoms with E-state index in [0.29, 0.717) is 5.56 Å². The van der Waals surface area contributed by atoms with Crippen LogP contribution in [0.25, 0.3) is 0 Å². The number of hydrogen-bond donors (Lipinski definition) is 2. The average Bonchev–Trinajstić information content (AvgIpc) is 2.16. The molecule has 0 aromatic heterocycles. The van der Waals surface area contributed by atoms with Crippen molar-refractivity contribution < 1.29 is 9.53 Å². The number of hydrogen-bond acceptors (Lipinski definition) is 4. The summed E-state index contributed by atoms with van der Waals surface area (Å²) in [7, 11) is 1.32. The van der Waals surface area contributed by atoms with Crippen molar-refractivity contribution in [2.75, 3.05) is 7.11 Å². The molecule has 0 saturated heterocycles. The van der Waals surface area contributed by atoms with Crippen LogP contribution in [0.15, 0.2) is 29.2 Å². The third-order valence-electron chi connectivity index (χ3n) is 2.06. The number of ether oxygens (including phenoxy) is 1. The first-order chi connectivity index (χ1) is 6.48. The van der Waals surface area contributed by atoms with Crippen molar-refractivity contribution in [2.45, 2.75) is 17.4 Å². The van der Waals surface area contributed by atoms with Gasteiger partial charge in [-0.15, -0.1) is 12.6 Å². The van der Waals surface area contributed by atoms with Gasteiger partial charge in [0.15, 0.2) is 0 Å². The van der Waals surface area contributed by atoms with E-state index >= 15 is 0 Å². The highest BCUT2D eigenvalue weighted by molar-refractivity contribution is 7.80. The van der Waals surface area contributed by atoms with E-state index < -0.39 is 11.5 Å². The number of methoxy groups -OCH3 is 1. The fraction of sp³-hybridized carbons (Fsp3) is 0.300. The number of thiol groups is 1. The molecule has 14 heavy (non-hydrogen) atoms. The second-order valence-corrected chi connectivity index (χ2v) is 3.76. The van der Waals surface area contributed by atoms with Gasteiger partial charge in [-0.05, 0) is 24.6 Å². The molecule has 76 valence electrons. The van der Waals surface area contributed by atoms with Crippen LogP contribution < -0.4 is 5.73 Å². The van der Waals surface area contributed by atoms with E-state index in [4.69, 9.17) is 5.73 Å². The summed E-state index contributed by atoms with van der Waals surface area (Å²) < 4.78 is 4.62. The van der Waals surface area contributed by atoms with E-state index in [0.717, 1.165) is 4.90 Å². The number of nitrogens with two attached hydrogens (primary N) is 1. The van der Waals surface area contributed by atoms with Gasteiger partial charge in [-0.25, -0.2) is 4.79 Å². The molecule has 1 atom stereocenters. The number of benzene rings is 1. The van der Waals surface area contributed by atoms with Crippen molar-refractivity contribution in [3.05, 3.63) is 29.8 Å². The molecule has 1 aromatic carbocycles. The fourth-order valence-electron chi connectivity index (χ4n) is 1.16. The van der Waals surface area contributed by atoms with Crippen molar-refractivity contribution in [3.63, 3.8) is 0 Å². The smallest absolute Gasteiger partial charge is 0.330 e. The van der Waals surface area contributed by atoms with Crippen LogP contribution in [-0.4, -0.2) is 13.1 Å². The number of esters is 1. The van der Waals surface area contributed by atoms with Crippen LogP contribution >= 0.6 is 12.6 Å². The van der Waals surface area contributed by atoms with E-state index in [1.54, 1.807) is 25.1 Å². The van der Waals surface area contributed by atoms with Crippen molar-refractivity contribution in [2.24, 2.45) is 5.73 Å². The molecule has 1 aromatic rings.